The summed E-state index contributed by atoms with van der Waals surface area (Å²) in [5.41, 5.74) is 0. The van der Waals surface area contributed by atoms with Crippen LogP contribution >= 0.6 is 0 Å². The van der Waals surface area contributed by atoms with Gasteiger partial charge in [-0.3, -0.25) is 0 Å². The molecule has 5 nitrogen and oxygen atoms in total. The highest BCUT2D eigenvalue weighted by Crippen LogP contribution is 2.01. The predicted octanol–water partition coefficient (Wildman–Crippen LogP) is 0.783. The van der Waals surface area contributed by atoms with Gasteiger partial charge in [0.05, 0.1) is 19.0 Å². The summed E-state index contributed by atoms with van der Waals surface area (Å²) in [6, 6.07) is 3.65. The van der Waals surface area contributed by atoms with Gasteiger partial charge in [-0.2, -0.15) is 0 Å². The molecule has 1 aromatic rings. The molecule has 0 unspecified atom stereocenters. The SMILES string of the molecule is COCCCNC[C@H](O)COCc1ccco1. The molecule has 0 aliphatic rings. The van der Waals surface area contributed by atoms with Crippen molar-refractivity contribution in [2.75, 3.05) is 33.4 Å². The van der Waals surface area contributed by atoms with Crippen molar-refractivity contribution >= 4 is 0 Å². The van der Waals surface area contributed by atoms with E-state index in [-0.39, 0.29) is 0 Å². The molecule has 0 aliphatic carbocycles. The molecule has 17 heavy (non-hydrogen) atoms. The largest absolute Gasteiger partial charge is 0.467 e. The second-order valence-electron chi connectivity index (χ2n) is 3.80. The van der Waals surface area contributed by atoms with Gasteiger partial charge >= 0.3 is 0 Å². The van der Waals surface area contributed by atoms with E-state index in [2.05, 4.69) is 5.32 Å². The fraction of sp³-hybridized carbons (Fsp3) is 0.667. The van der Waals surface area contributed by atoms with Crippen LogP contribution in [0.15, 0.2) is 22.8 Å². The van der Waals surface area contributed by atoms with Gasteiger partial charge in [0.25, 0.3) is 0 Å². The molecule has 0 amide bonds. The first kappa shape index (κ1) is 14.2. The molecule has 1 heterocycles. The second-order valence-corrected chi connectivity index (χ2v) is 3.80. The van der Waals surface area contributed by atoms with Crippen LogP contribution in [-0.2, 0) is 16.1 Å². The van der Waals surface area contributed by atoms with E-state index in [9.17, 15) is 5.11 Å². The highest BCUT2D eigenvalue weighted by Gasteiger charge is 2.04. The number of rotatable bonds is 10. The Morgan fingerprint density at radius 1 is 1.53 bits per heavy atom. The third-order valence-corrected chi connectivity index (χ3v) is 2.22. The summed E-state index contributed by atoms with van der Waals surface area (Å²) in [5.74, 6) is 0.769. The Labute approximate surface area is 102 Å². The maximum atomic E-state index is 9.58. The Hall–Kier alpha value is -0.880. The highest BCUT2D eigenvalue weighted by atomic mass is 16.5. The van der Waals surface area contributed by atoms with Gasteiger partial charge in [-0.15, -0.1) is 0 Å². The number of aliphatic hydroxyl groups excluding tert-OH is 1. The van der Waals surface area contributed by atoms with Crippen molar-refractivity contribution in [2.24, 2.45) is 0 Å². The topological polar surface area (TPSA) is 63.9 Å². The van der Waals surface area contributed by atoms with Crippen molar-refractivity contribution < 1.29 is 19.0 Å². The molecule has 0 saturated heterocycles. The van der Waals surface area contributed by atoms with Crippen LogP contribution in [-0.4, -0.2) is 44.6 Å². The maximum Gasteiger partial charge on any atom is 0.129 e. The van der Waals surface area contributed by atoms with Crippen LogP contribution in [0.1, 0.15) is 12.2 Å². The van der Waals surface area contributed by atoms with Crippen LogP contribution < -0.4 is 5.32 Å². The molecule has 0 radical (unpaired) electrons. The van der Waals surface area contributed by atoms with Gasteiger partial charge in [-0.1, -0.05) is 0 Å². The zero-order valence-electron chi connectivity index (χ0n) is 10.2. The van der Waals surface area contributed by atoms with Gasteiger partial charge in [-0.05, 0) is 25.1 Å². The van der Waals surface area contributed by atoms with Crippen molar-refractivity contribution in [1.29, 1.82) is 0 Å². The Balaban J connectivity index is 1.92. The molecule has 0 bridgehead atoms. The van der Waals surface area contributed by atoms with Gasteiger partial charge in [0.15, 0.2) is 0 Å². The van der Waals surface area contributed by atoms with Crippen LogP contribution in [0.3, 0.4) is 0 Å². The molecular weight excluding hydrogens is 222 g/mol. The van der Waals surface area contributed by atoms with Crippen molar-refractivity contribution in [1.82, 2.24) is 5.32 Å². The normalized spacial score (nSPS) is 12.8. The molecule has 0 saturated carbocycles. The van der Waals surface area contributed by atoms with Gasteiger partial charge < -0.3 is 24.3 Å². The average Bonchev–Trinajstić information content (AvgIpc) is 2.82. The first-order valence-electron chi connectivity index (χ1n) is 5.80. The van der Waals surface area contributed by atoms with E-state index in [4.69, 9.17) is 13.9 Å². The lowest BCUT2D eigenvalue weighted by molar-refractivity contribution is 0.0226. The van der Waals surface area contributed by atoms with Crippen molar-refractivity contribution in [3.63, 3.8) is 0 Å². The molecule has 1 rings (SSSR count). The lowest BCUT2D eigenvalue weighted by atomic mass is 10.3. The van der Waals surface area contributed by atoms with Gasteiger partial charge in [0, 0.05) is 20.3 Å². The Morgan fingerprint density at radius 3 is 3.12 bits per heavy atom. The lowest BCUT2D eigenvalue weighted by Crippen LogP contribution is -2.31. The molecule has 0 fully saturated rings. The number of ether oxygens (including phenoxy) is 2. The first-order chi connectivity index (χ1) is 8.33. The Bertz CT molecular complexity index is 263. The summed E-state index contributed by atoms with van der Waals surface area (Å²) >= 11 is 0. The van der Waals surface area contributed by atoms with E-state index in [1.54, 1.807) is 13.4 Å². The van der Waals surface area contributed by atoms with Crippen molar-refractivity contribution in [2.45, 2.75) is 19.1 Å². The quantitative estimate of drug-likeness (QED) is 0.595. The Kier molecular flexibility index (Phi) is 7.66. The van der Waals surface area contributed by atoms with Crippen LogP contribution in [0.2, 0.25) is 0 Å². The van der Waals surface area contributed by atoms with Crippen molar-refractivity contribution in [3.05, 3.63) is 24.2 Å². The summed E-state index contributed by atoms with van der Waals surface area (Å²) < 4.78 is 15.3. The van der Waals surface area contributed by atoms with Crippen LogP contribution in [0, 0.1) is 0 Å². The third kappa shape index (κ3) is 7.12. The number of nitrogens with one attached hydrogen (secondary N) is 1. The number of methoxy groups -OCH3 is 1. The predicted molar refractivity (Wildman–Crippen MR) is 63.7 cm³/mol. The molecule has 98 valence electrons. The number of hydrogen-bond acceptors (Lipinski definition) is 5. The minimum Gasteiger partial charge on any atom is -0.467 e. The van der Waals surface area contributed by atoms with Gasteiger partial charge in [0.1, 0.15) is 12.4 Å². The molecule has 5 heteroatoms. The summed E-state index contributed by atoms with van der Waals surface area (Å²) in [6.07, 6.45) is 2.05. The van der Waals surface area contributed by atoms with Gasteiger partial charge in [-0.25, -0.2) is 0 Å². The molecular formula is C12H21NO4. The lowest BCUT2D eigenvalue weighted by Gasteiger charge is -2.11. The third-order valence-electron chi connectivity index (χ3n) is 2.22. The fourth-order valence-corrected chi connectivity index (χ4v) is 1.36. The second kappa shape index (κ2) is 9.18. The smallest absolute Gasteiger partial charge is 0.129 e. The molecule has 0 spiro atoms. The van der Waals surface area contributed by atoms with Crippen LogP contribution in [0.25, 0.3) is 0 Å². The van der Waals surface area contributed by atoms with Crippen LogP contribution in [0.4, 0.5) is 0 Å². The van der Waals surface area contributed by atoms with Gasteiger partial charge in [0.2, 0.25) is 0 Å². The fourth-order valence-electron chi connectivity index (χ4n) is 1.36. The first-order valence-corrected chi connectivity index (χ1v) is 5.80. The molecule has 0 aromatic carbocycles. The number of aliphatic hydroxyl groups is 1. The standard InChI is InChI=1S/C12H21NO4/c1-15-6-3-5-13-8-11(14)9-16-10-12-4-2-7-17-12/h2,4,7,11,13-14H,3,5-6,8-10H2,1H3/t11-/m0/s1. The zero-order valence-corrected chi connectivity index (χ0v) is 10.2. The summed E-state index contributed by atoms with van der Waals surface area (Å²) in [7, 11) is 1.68. The number of hydrogen-bond donors (Lipinski definition) is 2. The monoisotopic (exact) mass is 243 g/mol. The van der Waals surface area contributed by atoms with Crippen molar-refractivity contribution in [3.8, 4) is 0 Å². The number of furan rings is 1. The van der Waals surface area contributed by atoms with E-state index in [0.29, 0.717) is 19.8 Å². The molecule has 2 N–H and O–H groups in total. The van der Waals surface area contributed by atoms with E-state index >= 15 is 0 Å². The summed E-state index contributed by atoms with van der Waals surface area (Å²) in [4.78, 5) is 0. The minimum atomic E-state index is -0.493. The minimum absolute atomic E-state index is 0.304. The maximum absolute atomic E-state index is 9.58. The van der Waals surface area contributed by atoms with E-state index < -0.39 is 6.10 Å². The summed E-state index contributed by atoms with van der Waals surface area (Å²) in [6.45, 7) is 2.80. The molecule has 0 aliphatic heterocycles. The van der Waals surface area contributed by atoms with E-state index in [1.807, 2.05) is 12.1 Å². The summed E-state index contributed by atoms with van der Waals surface area (Å²) in [5, 5.41) is 12.7. The highest BCUT2D eigenvalue weighted by molar-refractivity contribution is 4.96. The van der Waals surface area contributed by atoms with E-state index in [0.717, 1.165) is 25.3 Å². The zero-order chi connectivity index (χ0) is 12.3. The van der Waals surface area contributed by atoms with Crippen LogP contribution in [0.5, 0.6) is 0 Å². The van der Waals surface area contributed by atoms with E-state index in [1.165, 1.54) is 0 Å². The molecule has 1 aromatic heterocycles. The average molecular weight is 243 g/mol. The Morgan fingerprint density at radius 2 is 2.41 bits per heavy atom. The molecule has 1 atom stereocenters.